The maximum absolute atomic E-state index is 13.4. The van der Waals surface area contributed by atoms with E-state index in [-0.39, 0.29) is 11.9 Å². The van der Waals surface area contributed by atoms with Gasteiger partial charge in [-0.1, -0.05) is 48.9 Å². The Hall–Kier alpha value is -2.14. The third kappa shape index (κ3) is 3.86. The maximum Gasteiger partial charge on any atom is 0.309 e. The Balaban J connectivity index is 1.58. The fourth-order valence-corrected chi connectivity index (χ4v) is 6.29. The summed E-state index contributed by atoms with van der Waals surface area (Å²) in [5.74, 6) is -0.383. The second-order valence-corrected chi connectivity index (χ2v) is 10.0. The lowest BCUT2D eigenvalue weighted by Gasteiger charge is -2.32. The van der Waals surface area contributed by atoms with E-state index in [4.69, 9.17) is 4.74 Å². The summed E-state index contributed by atoms with van der Waals surface area (Å²) in [7, 11) is -3.57. The van der Waals surface area contributed by atoms with Crippen molar-refractivity contribution in [2.45, 2.75) is 61.2 Å². The van der Waals surface area contributed by atoms with Crippen molar-refractivity contribution in [3.63, 3.8) is 0 Å². The summed E-state index contributed by atoms with van der Waals surface area (Å²) in [4.78, 5) is 12.9. The van der Waals surface area contributed by atoms with Crippen molar-refractivity contribution in [1.29, 1.82) is 0 Å². The molecule has 1 saturated carbocycles. The highest BCUT2D eigenvalue weighted by Crippen LogP contribution is 2.33. The predicted molar refractivity (Wildman–Crippen MR) is 110 cm³/mol. The van der Waals surface area contributed by atoms with Gasteiger partial charge in [0.2, 0.25) is 0 Å². The van der Waals surface area contributed by atoms with Crippen LogP contribution in [0.4, 0.5) is 0 Å². The van der Waals surface area contributed by atoms with Gasteiger partial charge in [0.15, 0.2) is 9.84 Å². The van der Waals surface area contributed by atoms with Gasteiger partial charge in [-0.3, -0.25) is 4.79 Å². The number of fused-ring (bicyclic) bond motifs is 1. The van der Waals surface area contributed by atoms with Crippen LogP contribution in [-0.2, 0) is 19.4 Å². The average Bonchev–Trinajstić information content (AvgIpc) is 2.74. The summed E-state index contributed by atoms with van der Waals surface area (Å²) in [6.45, 7) is 0. The van der Waals surface area contributed by atoms with E-state index >= 15 is 0 Å². The highest BCUT2D eigenvalue weighted by molar-refractivity contribution is 7.92. The third-order valence-corrected chi connectivity index (χ3v) is 8.21. The molecule has 148 valence electrons. The molecule has 1 fully saturated rings. The Morgan fingerprint density at radius 1 is 0.929 bits per heavy atom. The zero-order valence-electron chi connectivity index (χ0n) is 15.9. The van der Waals surface area contributed by atoms with E-state index in [1.807, 2.05) is 36.4 Å². The van der Waals surface area contributed by atoms with Crippen molar-refractivity contribution in [2.24, 2.45) is 5.92 Å². The molecule has 4 nitrogen and oxygen atoms in total. The van der Waals surface area contributed by atoms with E-state index in [0.29, 0.717) is 24.2 Å². The molecular weight excluding hydrogens is 372 g/mol. The number of allylic oxidation sites excluding steroid dienone is 2. The van der Waals surface area contributed by atoms with Crippen molar-refractivity contribution >= 4 is 26.6 Å². The van der Waals surface area contributed by atoms with E-state index in [9.17, 15) is 13.2 Å². The molecule has 0 aromatic heterocycles. The molecule has 2 aliphatic carbocycles. The number of rotatable bonds is 4. The first-order valence-corrected chi connectivity index (χ1v) is 11.7. The van der Waals surface area contributed by atoms with Gasteiger partial charge in [-0.25, -0.2) is 8.42 Å². The van der Waals surface area contributed by atoms with Gasteiger partial charge in [-0.2, -0.15) is 0 Å². The van der Waals surface area contributed by atoms with Gasteiger partial charge >= 0.3 is 5.97 Å². The number of benzene rings is 2. The Morgan fingerprint density at radius 2 is 1.71 bits per heavy atom. The fourth-order valence-electron chi connectivity index (χ4n) is 4.32. The van der Waals surface area contributed by atoms with Crippen molar-refractivity contribution in [2.75, 3.05) is 0 Å². The van der Waals surface area contributed by atoms with E-state index < -0.39 is 21.2 Å². The first-order chi connectivity index (χ1) is 13.6. The first kappa shape index (κ1) is 19.2. The highest BCUT2D eigenvalue weighted by atomic mass is 32.2. The molecule has 2 aromatic rings. The van der Waals surface area contributed by atoms with Crippen LogP contribution in [0.1, 0.15) is 44.9 Å². The molecule has 0 amide bonds. The van der Waals surface area contributed by atoms with Crippen LogP contribution in [0.2, 0.25) is 0 Å². The quantitative estimate of drug-likeness (QED) is 0.547. The summed E-state index contributed by atoms with van der Waals surface area (Å²) in [5, 5.41) is 1.26. The van der Waals surface area contributed by atoms with Gasteiger partial charge in [-0.05, 0) is 61.4 Å². The minimum atomic E-state index is -3.57. The minimum Gasteiger partial charge on any atom is -0.461 e. The monoisotopic (exact) mass is 398 g/mol. The summed E-state index contributed by atoms with van der Waals surface area (Å²) in [6, 6.07) is 13.0. The highest BCUT2D eigenvalue weighted by Gasteiger charge is 2.39. The number of sulfone groups is 1. The zero-order chi connectivity index (χ0) is 19.6. The summed E-state index contributed by atoms with van der Waals surface area (Å²) >= 11 is 0. The Morgan fingerprint density at radius 3 is 2.50 bits per heavy atom. The number of ether oxygens (including phenoxy) is 1. The molecule has 0 unspecified atom stereocenters. The lowest BCUT2D eigenvalue weighted by molar-refractivity contribution is -0.155. The largest absolute Gasteiger partial charge is 0.461 e. The lowest BCUT2D eigenvalue weighted by atomic mass is 9.93. The SMILES string of the molecule is O=C(O[C@@H]1CCCC[C@H]1S(=O)(=O)c1ccc2ccccc2c1)[C@H]1CC=CCC1. The first-order valence-electron chi connectivity index (χ1n) is 10.1. The molecule has 0 heterocycles. The van der Waals surface area contributed by atoms with Crippen LogP contribution < -0.4 is 0 Å². The van der Waals surface area contributed by atoms with E-state index in [2.05, 4.69) is 6.08 Å². The standard InChI is InChI=1S/C23H26O4S/c24-23(18-9-2-1-3-10-18)27-21-12-6-7-13-22(21)28(25,26)20-15-14-17-8-4-5-11-19(17)16-20/h1-2,4-5,8,11,14-16,18,21-22H,3,6-7,9-10,12-13H2/t18-,21+,22+/m0/s1. The van der Waals surface area contributed by atoms with E-state index in [1.54, 1.807) is 12.1 Å². The van der Waals surface area contributed by atoms with Crippen molar-refractivity contribution in [3.05, 3.63) is 54.6 Å². The second kappa shape index (κ2) is 8.08. The molecule has 0 N–H and O–H groups in total. The molecule has 0 bridgehead atoms. The maximum atomic E-state index is 13.4. The average molecular weight is 399 g/mol. The molecule has 2 aromatic carbocycles. The van der Waals surface area contributed by atoms with Gasteiger partial charge in [0.25, 0.3) is 0 Å². The van der Waals surface area contributed by atoms with Gasteiger partial charge < -0.3 is 4.74 Å². The molecule has 0 aliphatic heterocycles. The van der Waals surface area contributed by atoms with Crippen LogP contribution in [0.25, 0.3) is 10.8 Å². The van der Waals surface area contributed by atoms with Crippen LogP contribution in [0.3, 0.4) is 0 Å². The molecular formula is C23H26O4S. The fraction of sp³-hybridized carbons (Fsp3) is 0.435. The van der Waals surface area contributed by atoms with E-state index in [1.165, 1.54) is 0 Å². The molecule has 0 spiro atoms. The Kier molecular flexibility index (Phi) is 5.54. The molecule has 4 rings (SSSR count). The number of carbonyl (C=O) groups is 1. The Bertz CT molecular complexity index is 993. The number of hydrogen-bond donors (Lipinski definition) is 0. The normalized spacial score (nSPS) is 25.5. The van der Waals surface area contributed by atoms with Crippen LogP contribution in [0.15, 0.2) is 59.5 Å². The molecule has 2 aliphatic rings. The van der Waals surface area contributed by atoms with Crippen LogP contribution in [0, 0.1) is 5.92 Å². The van der Waals surface area contributed by atoms with Crippen LogP contribution in [-0.4, -0.2) is 25.7 Å². The number of hydrogen-bond acceptors (Lipinski definition) is 4. The smallest absolute Gasteiger partial charge is 0.309 e. The van der Waals surface area contributed by atoms with Gasteiger partial charge in [0.1, 0.15) is 11.4 Å². The minimum absolute atomic E-state index is 0.143. The third-order valence-electron chi connectivity index (χ3n) is 5.96. The van der Waals surface area contributed by atoms with Crippen LogP contribution >= 0.6 is 0 Å². The summed E-state index contributed by atoms with van der Waals surface area (Å²) < 4.78 is 32.6. The van der Waals surface area contributed by atoms with Gasteiger partial charge in [-0.15, -0.1) is 0 Å². The van der Waals surface area contributed by atoms with Gasteiger partial charge in [0, 0.05) is 0 Å². The van der Waals surface area contributed by atoms with Crippen molar-refractivity contribution in [1.82, 2.24) is 0 Å². The topological polar surface area (TPSA) is 60.4 Å². The van der Waals surface area contributed by atoms with Gasteiger partial charge in [0.05, 0.1) is 10.8 Å². The molecule has 0 radical (unpaired) electrons. The van der Waals surface area contributed by atoms with Crippen molar-refractivity contribution in [3.8, 4) is 0 Å². The summed E-state index contributed by atoms with van der Waals surface area (Å²) in [6.07, 6.45) is 8.79. The van der Waals surface area contributed by atoms with Crippen LogP contribution in [0.5, 0.6) is 0 Å². The molecule has 3 atom stereocenters. The zero-order valence-corrected chi connectivity index (χ0v) is 16.7. The second-order valence-electron chi connectivity index (χ2n) is 7.83. The van der Waals surface area contributed by atoms with Crippen molar-refractivity contribution < 1.29 is 17.9 Å². The lowest BCUT2D eigenvalue weighted by Crippen LogP contribution is -2.41. The number of esters is 1. The molecule has 28 heavy (non-hydrogen) atoms. The van der Waals surface area contributed by atoms with E-state index in [0.717, 1.165) is 36.5 Å². The predicted octanol–water partition coefficient (Wildman–Crippen LogP) is 4.82. The number of carbonyl (C=O) groups excluding carboxylic acids is 1. The Labute approximate surface area is 166 Å². The molecule has 5 heteroatoms. The molecule has 0 saturated heterocycles. The summed E-state index contributed by atoms with van der Waals surface area (Å²) in [5.41, 5.74) is 0.